The summed E-state index contributed by atoms with van der Waals surface area (Å²) in [6.45, 7) is 4.70. The summed E-state index contributed by atoms with van der Waals surface area (Å²) >= 11 is 0. The highest BCUT2D eigenvalue weighted by Gasteiger charge is 2.27. The van der Waals surface area contributed by atoms with Crippen LogP contribution in [0.3, 0.4) is 0 Å². The molecule has 2 aromatic carbocycles. The summed E-state index contributed by atoms with van der Waals surface area (Å²) in [4.78, 5) is 26.8. The molecule has 35 heavy (non-hydrogen) atoms. The Hall–Kier alpha value is -3.94. The Morgan fingerprint density at radius 2 is 1.74 bits per heavy atom. The second kappa shape index (κ2) is 10.1. The summed E-state index contributed by atoms with van der Waals surface area (Å²) in [6.07, 6.45) is 2.86. The summed E-state index contributed by atoms with van der Waals surface area (Å²) < 4.78 is 10.9. The number of ether oxygens (including phenoxy) is 1. The molecule has 1 saturated heterocycles. The number of aromatic nitrogens is 3. The van der Waals surface area contributed by atoms with Crippen LogP contribution in [-0.2, 0) is 6.42 Å². The normalized spacial score (nSPS) is 13.9. The number of unbranched alkanes of at least 4 members (excludes halogenated alkanes) is 1. The Kier molecular flexibility index (Phi) is 6.61. The van der Waals surface area contributed by atoms with Crippen molar-refractivity contribution < 1.29 is 14.1 Å². The lowest BCUT2D eigenvalue weighted by atomic mass is 10.1. The minimum absolute atomic E-state index is 0.0266. The van der Waals surface area contributed by atoms with Gasteiger partial charge in [-0.05, 0) is 30.7 Å². The van der Waals surface area contributed by atoms with Crippen LogP contribution in [0, 0.1) is 0 Å². The van der Waals surface area contributed by atoms with E-state index in [1.165, 1.54) is 0 Å². The number of fused-ring (bicyclic) bond motifs is 1. The highest BCUT2D eigenvalue weighted by molar-refractivity contribution is 5.98. The molecule has 2 aromatic heterocycles. The van der Waals surface area contributed by atoms with Crippen molar-refractivity contribution >= 4 is 22.8 Å². The lowest BCUT2D eigenvalue weighted by Crippen LogP contribution is -2.49. The topological polar surface area (TPSA) is 84.6 Å². The lowest BCUT2D eigenvalue weighted by Gasteiger charge is -2.35. The quantitative estimate of drug-likeness (QED) is 0.389. The molecule has 1 aliphatic heterocycles. The standard InChI is InChI=1S/C27H29N5O3/c1-3-4-10-22-28-25(23-24(30-35-26(23)29-22)19-8-6-5-7-9-19)31-15-17-32(18-16-31)27(33)20-11-13-21(34-2)14-12-20/h5-9,11-14H,3-4,10,15-18H2,1-2H3. The number of benzene rings is 2. The van der Waals surface area contributed by atoms with Gasteiger partial charge in [0.25, 0.3) is 11.6 Å². The van der Waals surface area contributed by atoms with Gasteiger partial charge in [0.15, 0.2) is 0 Å². The van der Waals surface area contributed by atoms with E-state index in [1.807, 2.05) is 59.5 Å². The van der Waals surface area contributed by atoms with Crippen molar-refractivity contribution in [2.75, 3.05) is 38.2 Å². The lowest BCUT2D eigenvalue weighted by molar-refractivity contribution is 0.0746. The maximum Gasteiger partial charge on any atom is 0.263 e. The van der Waals surface area contributed by atoms with Crippen LogP contribution < -0.4 is 9.64 Å². The van der Waals surface area contributed by atoms with Crippen molar-refractivity contribution in [3.63, 3.8) is 0 Å². The van der Waals surface area contributed by atoms with E-state index in [2.05, 4.69) is 22.0 Å². The van der Waals surface area contributed by atoms with Gasteiger partial charge in [-0.2, -0.15) is 4.98 Å². The molecule has 3 heterocycles. The van der Waals surface area contributed by atoms with Gasteiger partial charge in [-0.15, -0.1) is 0 Å². The van der Waals surface area contributed by atoms with Gasteiger partial charge in [0.1, 0.15) is 28.5 Å². The van der Waals surface area contributed by atoms with Gasteiger partial charge in [0.2, 0.25) is 0 Å². The molecule has 8 heteroatoms. The van der Waals surface area contributed by atoms with Crippen molar-refractivity contribution in [1.82, 2.24) is 20.0 Å². The molecule has 5 rings (SSSR count). The van der Waals surface area contributed by atoms with E-state index in [9.17, 15) is 4.79 Å². The number of carbonyl (C=O) groups is 1. The maximum absolute atomic E-state index is 13.0. The fourth-order valence-electron chi connectivity index (χ4n) is 4.39. The van der Waals surface area contributed by atoms with Crippen molar-refractivity contribution in [1.29, 1.82) is 0 Å². The first kappa shape index (κ1) is 22.8. The van der Waals surface area contributed by atoms with Gasteiger partial charge in [0, 0.05) is 43.7 Å². The van der Waals surface area contributed by atoms with Crippen LogP contribution in [0.1, 0.15) is 35.9 Å². The third-order valence-electron chi connectivity index (χ3n) is 6.37. The number of rotatable bonds is 7. The number of hydrogen-bond acceptors (Lipinski definition) is 7. The van der Waals surface area contributed by atoms with E-state index >= 15 is 0 Å². The molecule has 0 spiro atoms. The number of carbonyl (C=O) groups excluding carboxylic acids is 1. The van der Waals surface area contributed by atoms with E-state index in [0.29, 0.717) is 37.5 Å². The highest BCUT2D eigenvalue weighted by atomic mass is 16.5. The summed E-state index contributed by atoms with van der Waals surface area (Å²) in [5.41, 5.74) is 2.88. The van der Waals surface area contributed by atoms with Gasteiger partial charge in [-0.3, -0.25) is 4.79 Å². The van der Waals surface area contributed by atoms with Crippen molar-refractivity contribution in [2.24, 2.45) is 0 Å². The molecule has 1 amide bonds. The predicted octanol–water partition coefficient (Wildman–Crippen LogP) is 4.60. The van der Waals surface area contributed by atoms with E-state index in [0.717, 1.165) is 53.3 Å². The molecule has 180 valence electrons. The smallest absolute Gasteiger partial charge is 0.263 e. The molecule has 4 aromatic rings. The molecule has 1 fully saturated rings. The van der Waals surface area contributed by atoms with Crippen LogP contribution in [0.5, 0.6) is 5.75 Å². The van der Waals surface area contributed by atoms with E-state index in [1.54, 1.807) is 7.11 Å². The zero-order valence-electron chi connectivity index (χ0n) is 20.1. The predicted molar refractivity (Wildman–Crippen MR) is 135 cm³/mol. The summed E-state index contributed by atoms with van der Waals surface area (Å²) in [5.74, 6) is 2.36. The molecular weight excluding hydrogens is 442 g/mol. The van der Waals surface area contributed by atoms with Crippen LogP contribution in [0.4, 0.5) is 5.82 Å². The first-order valence-electron chi connectivity index (χ1n) is 12.1. The molecular formula is C27H29N5O3. The van der Waals surface area contributed by atoms with Crippen molar-refractivity contribution in [3.05, 3.63) is 66.0 Å². The van der Waals surface area contributed by atoms with E-state index in [4.69, 9.17) is 14.2 Å². The SMILES string of the molecule is CCCCc1nc(N2CCN(C(=O)c3ccc(OC)cc3)CC2)c2c(-c3ccccc3)noc2n1. The average Bonchev–Trinajstić information content (AvgIpc) is 3.36. The minimum Gasteiger partial charge on any atom is -0.497 e. The van der Waals surface area contributed by atoms with Gasteiger partial charge < -0.3 is 19.1 Å². The summed E-state index contributed by atoms with van der Waals surface area (Å²) in [5, 5.41) is 5.19. The Morgan fingerprint density at radius 3 is 2.43 bits per heavy atom. The van der Waals surface area contributed by atoms with E-state index < -0.39 is 0 Å². The molecule has 0 bridgehead atoms. The zero-order chi connectivity index (χ0) is 24.2. The van der Waals surface area contributed by atoms with Gasteiger partial charge >= 0.3 is 0 Å². The number of piperazine rings is 1. The molecule has 0 saturated carbocycles. The number of anilines is 1. The number of hydrogen-bond donors (Lipinski definition) is 0. The van der Waals surface area contributed by atoms with E-state index in [-0.39, 0.29) is 5.91 Å². The zero-order valence-corrected chi connectivity index (χ0v) is 20.1. The number of amides is 1. The molecule has 0 aliphatic carbocycles. The van der Waals surface area contributed by atoms with Gasteiger partial charge in [-0.25, -0.2) is 4.98 Å². The third-order valence-corrected chi connectivity index (χ3v) is 6.37. The Labute approximate surface area is 204 Å². The molecule has 8 nitrogen and oxygen atoms in total. The number of nitrogens with zero attached hydrogens (tertiary/aromatic N) is 5. The molecule has 0 radical (unpaired) electrons. The number of methoxy groups -OCH3 is 1. The maximum atomic E-state index is 13.0. The molecule has 1 aliphatic rings. The third kappa shape index (κ3) is 4.69. The minimum atomic E-state index is 0.0266. The van der Waals surface area contributed by atoms with Crippen molar-refractivity contribution in [2.45, 2.75) is 26.2 Å². The average molecular weight is 472 g/mol. The summed E-state index contributed by atoms with van der Waals surface area (Å²) in [7, 11) is 1.62. The Morgan fingerprint density at radius 1 is 1.00 bits per heavy atom. The number of aryl methyl sites for hydroxylation is 1. The molecule has 0 unspecified atom stereocenters. The highest BCUT2D eigenvalue weighted by Crippen LogP contribution is 2.34. The fourth-order valence-corrected chi connectivity index (χ4v) is 4.39. The van der Waals surface area contributed by atoms with Crippen LogP contribution in [-0.4, -0.2) is 59.2 Å². The fraction of sp³-hybridized carbons (Fsp3) is 0.333. The molecule has 0 atom stereocenters. The van der Waals surface area contributed by atoms with Crippen LogP contribution in [0.2, 0.25) is 0 Å². The second-order valence-corrected chi connectivity index (χ2v) is 8.65. The van der Waals surface area contributed by atoms with Crippen LogP contribution >= 0.6 is 0 Å². The largest absolute Gasteiger partial charge is 0.497 e. The second-order valence-electron chi connectivity index (χ2n) is 8.65. The first-order chi connectivity index (χ1) is 17.2. The Balaban J connectivity index is 1.42. The van der Waals surface area contributed by atoms with Gasteiger partial charge in [-0.1, -0.05) is 48.8 Å². The Bertz CT molecular complexity index is 1300. The summed E-state index contributed by atoms with van der Waals surface area (Å²) in [6, 6.07) is 17.2. The first-order valence-corrected chi connectivity index (χ1v) is 12.1. The molecule has 0 N–H and O–H groups in total. The van der Waals surface area contributed by atoms with Gasteiger partial charge in [0.05, 0.1) is 7.11 Å². The van der Waals surface area contributed by atoms with Crippen LogP contribution in [0.15, 0.2) is 59.1 Å². The van der Waals surface area contributed by atoms with Crippen molar-refractivity contribution in [3.8, 4) is 17.0 Å². The monoisotopic (exact) mass is 471 g/mol. The van der Waals surface area contributed by atoms with Crippen LogP contribution in [0.25, 0.3) is 22.4 Å².